The molecule has 0 aliphatic rings. The molecule has 0 amide bonds. The van der Waals surface area contributed by atoms with Crippen molar-refractivity contribution in [1.29, 1.82) is 0 Å². The van der Waals surface area contributed by atoms with E-state index in [1.54, 1.807) is 18.2 Å². The van der Waals surface area contributed by atoms with Crippen LogP contribution in [0.25, 0.3) is 27.7 Å². The number of nitrogens with zero attached hydrogens (tertiary/aromatic N) is 3. The molecule has 2 heterocycles. The maximum Gasteiger partial charge on any atom is 0.255 e. The normalized spacial score (nSPS) is 11.3. The highest BCUT2D eigenvalue weighted by Crippen LogP contribution is 2.35. The predicted molar refractivity (Wildman–Crippen MR) is 155 cm³/mol. The number of hydrogen-bond donors (Lipinski definition) is 0. The lowest BCUT2D eigenvalue weighted by Gasteiger charge is -2.17. The first-order valence-electron chi connectivity index (χ1n) is 11.5. The Balaban J connectivity index is 0.00000353. The zero-order valence-corrected chi connectivity index (χ0v) is 24.0. The van der Waals surface area contributed by atoms with Crippen molar-refractivity contribution in [2.24, 2.45) is 0 Å². The molecule has 39 heavy (non-hydrogen) atoms. The molecular formula is C28H24ClFN3O4PS. The van der Waals surface area contributed by atoms with E-state index in [2.05, 4.69) is 9.97 Å². The molecule has 1 unspecified atom stereocenters. The van der Waals surface area contributed by atoms with Crippen LogP contribution >= 0.6 is 21.5 Å². The molecule has 0 aliphatic heterocycles. The number of pyridine rings is 1. The number of sulfone groups is 1. The standard InChI is InChI=1S/C28H21ClFN3O4S.H3P/c1-17-11-18(3-6-23(17)29)22-13-27(37-2)26(14-24(22)30)33-25-7-5-21(12-19(25)4-8-28(33)34)38(35,36)16-20-15-31-9-10-32-20;/h3-15H,16H2,1-2H3;1H3. The summed E-state index contributed by atoms with van der Waals surface area (Å²) in [4.78, 5) is 21.0. The molecule has 2 aromatic heterocycles. The number of rotatable bonds is 6. The Morgan fingerprint density at radius 2 is 1.82 bits per heavy atom. The van der Waals surface area contributed by atoms with Gasteiger partial charge in [-0.15, -0.1) is 0 Å². The number of aromatic nitrogens is 3. The van der Waals surface area contributed by atoms with Crippen molar-refractivity contribution in [3.05, 3.63) is 112 Å². The highest BCUT2D eigenvalue weighted by molar-refractivity contribution is 7.90. The fourth-order valence-corrected chi connectivity index (χ4v) is 5.67. The summed E-state index contributed by atoms with van der Waals surface area (Å²) in [5.41, 5.74) is 2.15. The average Bonchev–Trinajstić information content (AvgIpc) is 2.90. The zero-order valence-electron chi connectivity index (χ0n) is 21.1. The molecule has 0 radical (unpaired) electrons. The first-order chi connectivity index (χ1) is 18.2. The third-order valence-electron chi connectivity index (χ3n) is 6.16. The van der Waals surface area contributed by atoms with Crippen molar-refractivity contribution in [2.45, 2.75) is 17.6 Å². The fourth-order valence-electron chi connectivity index (χ4n) is 4.26. The molecule has 0 saturated heterocycles. The van der Waals surface area contributed by atoms with Gasteiger partial charge in [0.1, 0.15) is 11.6 Å². The van der Waals surface area contributed by atoms with E-state index in [4.69, 9.17) is 16.3 Å². The Bertz CT molecular complexity index is 1870. The topological polar surface area (TPSA) is 91.2 Å². The van der Waals surface area contributed by atoms with Gasteiger partial charge < -0.3 is 4.74 Å². The van der Waals surface area contributed by atoms with Gasteiger partial charge in [-0.1, -0.05) is 17.7 Å². The van der Waals surface area contributed by atoms with Gasteiger partial charge in [-0.05, 0) is 60.5 Å². The Morgan fingerprint density at radius 1 is 1.03 bits per heavy atom. The third kappa shape index (κ3) is 5.57. The van der Waals surface area contributed by atoms with Crippen LogP contribution in [0.1, 0.15) is 11.3 Å². The molecule has 0 N–H and O–H groups in total. The van der Waals surface area contributed by atoms with E-state index in [-0.39, 0.29) is 37.5 Å². The second-order valence-electron chi connectivity index (χ2n) is 8.65. The lowest BCUT2D eigenvalue weighted by atomic mass is 10.0. The van der Waals surface area contributed by atoms with Gasteiger partial charge in [0.15, 0.2) is 9.84 Å². The first kappa shape index (κ1) is 28.4. The Kier molecular flexibility index (Phi) is 8.16. The summed E-state index contributed by atoms with van der Waals surface area (Å²) in [5.74, 6) is -0.617. The number of aryl methyl sites for hydroxylation is 1. The summed E-state index contributed by atoms with van der Waals surface area (Å²) in [7, 11) is -2.31. The predicted octanol–water partition coefficient (Wildman–Crippen LogP) is 5.59. The van der Waals surface area contributed by atoms with E-state index in [0.29, 0.717) is 27.2 Å². The van der Waals surface area contributed by atoms with Gasteiger partial charge in [0, 0.05) is 46.7 Å². The number of ether oxygens (including phenoxy) is 1. The summed E-state index contributed by atoms with van der Waals surface area (Å²) in [6.45, 7) is 1.83. The monoisotopic (exact) mass is 583 g/mol. The van der Waals surface area contributed by atoms with Crippen LogP contribution in [0.3, 0.4) is 0 Å². The van der Waals surface area contributed by atoms with E-state index in [0.717, 1.165) is 5.56 Å². The van der Waals surface area contributed by atoms with Crippen molar-refractivity contribution in [1.82, 2.24) is 14.5 Å². The Labute approximate surface area is 232 Å². The first-order valence-corrected chi connectivity index (χ1v) is 13.5. The van der Waals surface area contributed by atoms with Crippen LogP contribution in [0.4, 0.5) is 4.39 Å². The molecule has 0 aliphatic carbocycles. The molecule has 0 spiro atoms. The molecule has 1 atom stereocenters. The second-order valence-corrected chi connectivity index (χ2v) is 11.0. The quantitative estimate of drug-likeness (QED) is 0.242. The summed E-state index contributed by atoms with van der Waals surface area (Å²) in [6, 6.07) is 15.2. The van der Waals surface area contributed by atoms with Gasteiger partial charge in [0.05, 0.1) is 34.7 Å². The summed E-state index contributed by atoms with van der Waals surface area (Å²) in [5, 5.41) is 1.04. The summed E-state index contributed by atoms with van der Waals surface area (Å²) in [6.07, 6.45) is 4.29. The highest BCUT2D eigenvalue weighted by atomic mass is 35.5. The van der Waals surface area contributed by atoms with E-state index >= 15 is 4.39 Å². The van der Waals surface area contributed by atoms with Crippen LogP contribution < -0.4 is 10.3 Å². The molecule has 5 rings (SSSR count). The van der Waals surface area contributed by atoms with Crippen LogP contribution in [0.15, 0.2) is 88.9 Å². The van der Waals surface area contributed by atoms with Gasteiger partial charge in [-0.25, -0.2) is 12.8 Å². The minimum absolute atomic E-state index is 0. The Morgan fingerprint density at radius 3 is 2.51 bits per heavy atom. The van der Waals surface area contributed by atoms with Crippen LogP contribution in [-0.2, 0) is 15.6 Å². The lowest BCUT2D eigenvalue weighted by Crippen LogP contribution is -2.18. The van der Waals surface area contributed by atoms with E-state index in [9.17, 15) is 13.2 Å². The molecule has 7 nitrogen and oxygen atoms in total. The molecule has 200 valence electrons. The molecule has 0 fully saturated rings. The minimum atomic E-state index is -3.74. The number of benzene rings is 3. The van der Waals surface area contributed by atoms with E-state index in [1.807, 2.05) is 6.92 Å². The smallest absolute Gasteiger partial charge is 0.255 e. The minimum Gasteiger partial charge on any atom is -0.495 e. The maximum atomic E-state index is 15.4. The van der Waals surface area contributed by atoms with Crippen LogP contribution in [0, 0.1) is 12.7 Å². The zero-order chi connectivity index (χ0) is 27.0. The molecule has 0 bridgehead atoms. The van der Waals surface area contributed by atoms with Gasteiger partial charge in [-0.2, -0.15) is 9.90 Å². The van der Waals surface area contributed by atoms with E-state index in [1.165, 1.54) is 72.7 Å². The van der Waals surface area contributed by atoms with Gasteiger partial charge in [0.2, 0.25) is 0 Å². The fraction of sp³-hybridized carbons (Fsp3) is 0.107. The van der Waals surface area contributed by atoms with E-state index < -0.39 is 21.2 Å². The number of hydrogen-bond acceptors (Lipinski definition) is 6. The van der Waals surface area contributed by atoms with Crippen LogP contribution in [0.2, 0.25) is 5.02 Å². The largest absolute Gasteiger partial charge is 0.495 e. The summed E-state index contributed by atoms with van der Waals surface area (Å²) >= 11 is 6.12. The van der Waals surface area contributed by atoms with Gasteiger partial charge >= 0.3 is 0 Å². The average molecular weight is 584 g/mol. The molecule has 11 heteroatoms. The van der Waals surface area contributed by atoms with Gasteiger partial charge in [0.25, 0.3) is 5.56 Å². The number of halogens is 2. The van der Waals surface area contributed by atoms with Crippen molar-refractivity contribution < 1.29 is 17.5 Å². The highest BCUT2D eigenvalue weighted by Gasteiger charge is 2.20. The summed E-state index contributed by atoms with van der Waals surface area (Å²) < 4.78 is 48.3. The molecular weight excluding hydrogens is 560 g/mol. The SMILES string of the molecule is COc1cc(-c2ccc(Cl)c(C)c2)c(F)cc1-n1c(=O)ccc2cc(S(=O)(=O)Cc3cnccn3)ccc21.P. The van der Waals surface area contributed by atoms with Crippen molar-refractivity contribution in [3.63, 3.8) is 0 Å². The van der Waals surface area contributed by atoms with Gasteiger partial charge in [-0.3, -0.25) is 19.3 Å². The molecule has 5 aromatic rings. The van der Waals surface area contributed by atoms with Crippen LogP contribution in [0.5, 0.6) is 5.75 Å². The van der Waals surface area contributed by atoms with Crippen molar-refractivity contribution in [2.75, 3.05) is 7.11 Å². The van der Waals surface area contributed by atoms with Crippen molar-refractivity contribution >= 4 is 42.2 Å². The van der Waals surface area contributed by atoms with Crippen molar-refractivity contribution in [3.8, 4) is 22.6 Å². The van der Waals surface area contributed by atoms with Crippen LogP contribution in [-0.4, -0.2) is 30.1 Å². The number of methoxy groups -OCH3 is 1. The maximum absolute atomic E-state index is 15.4. The second kappa shape index (κ2) is 11.2. The Hall–Kier alpha value is -3.65. The molecule has 0 saturated carbocycles. The third-order valence-corrected chi connectivity index (χ3v) is 8.23. The molecule has 3 aromatic carbocycles. The lowest BCUT2D eigenvalue weighted by molar-refractivity contribution is 0.412. The number of fused-ring (bicyclic) bond motifs is 1.